The summed E-state index contributed by atoms with van der Waals surface area (Å²) in [6.45, 7) is 0. The average Bonchev–Trinajstić information content (AvgIpc) is 1.65. The van der Waals surface area contributed by atoms with Crippen molar-refractivity contribution >= 4 is 54.8 Å². The number of ether oxygens (including phenoxy) is 1. The molecule has 0 N–H and O–H groups in total. The van der Waals surface area contributed by atoms with Gasteiger partial charge in [-0.1, -0.05) is 0 Å². The molecule has 0 fully saturated rings. The molecule has 0 aromatic rings. The number of methoxy groups -OCH3 is 1. The van der Waals surface area contributed by atoms with E-state index < -0.39 is 5.97 Å². The summed E-state index contributed by atoms with van der Waals surface area (Å²) in [7, 11) is 1.28. The SMILES string of the molecule is COC(=O)C[C](=O)[K]. The maximum atomic E-state index is 10.2. The first-order valence-electron chi connectivity index (χ1n) is 2.23. The molecule has 0 radical (unpaired) electrons. The van der Waals surface area contributed by atoms with Crippen molar-refractivity contribution in [1.82, 2.24) is 0 Å². The Morgan fingerprint density at radius 1 is 1.62 bits per heavy atom. The third-order valence-electron chi connectivity index (χ3n) is 0.621. The van der Waals surface area contributed by atoms with Crippen LogP contribution >= 0.6 is 0 Å². The summed E-state index contributed by atoms with van der Waals surface area (Å²) in [5.74, 6) is -0.428. The van der Waals surface area contributed by atoms with Gasteiger partial charge in [-0.3, -0.25) is 0 Å². The van der Waals surface area contributed by atoms with Crippen LogP contribution in [0.4, 0.5) is 0 Å². The minimum atomic E-state index is -0.428. The van der Waals surface area contributed by atoms with Gasteiger partial charge in [-0.15, -0.1) is 0 Å². The first-order valence-corrected chi connectivity index (χ1v) is 3.79. The van der Waals surface area contributed by atoms with Crippen LogP contribution < -0.4 is 0 Å². The average molecular weight is 140 g/mol. The van der Waals surface area contributed by atoms with E-state index in [1.165, 1.54) is 7.11 Å². The van der Waals surface area contributed by atoms with E-state index in [-0.39, 0.29) is 55.3 Å². The summed E-state index contributed by atoms with van der Waals surface area (Å²) < 4.78 is 4.25. The van der Waals surface area contributed by atoms with Crippen LogP contribution in [0.1, 0.15) is 6.42 Å². The van der Waals surface area contributed by atoms with Crippen molar-refractivity contribution in [2.75, 3.05) is 7.11 Å². The Morgan fingerprint density at radius 3 is 2.25 bits per heavy atom. The van der Waals surface area contributed by atoms with Crippen LogP contribution in [-0.2, 0) is 14.3 Å². The van der Waals surface area contributed by atoms with Crippen molar-refractivity contribution in [3.63, 3.8) is 0 Å². The van der Waals surface area contributed by atoms with Crippen LogP contribution in [0.25, 0.3) is 0 Å². The molecule has 0 bridgehead atoms. The summed E-state index contributed by atoms with van der Waals surface area (Å²) in [5.41, 5.74) is 0. The fourth-order valence-electron chi connectivity index (χ4n) is 0.275. The third kappa shape index (κ3) is 4.92. The molecule has 0 spiro atoms. The molecule has 0 saturated carbocycles. The van der Waals surface area contributed by atoms with Gasteiger partial charge < -0.3 is 0 Å². The zero-order chi connectivity index (χ0) is 6.57. The van der Waals surface area contributed by atoms with Crippen molar-refractivity contribution in [3.05, 3.63) is 0 Å². The molecule has 0 aliphatic heterocycles. The molecule has 0 aromatic carbocycles. The summed E-state index contributed by atoms with van der Waals surface area (Å²) >= 11 is 0.112. The summed E-state index contributed by atoms with van der Waals surface area (Å²) in [6, 6.07) is 0. The van der Waals surface area contributed by atoms with Gasteiger partial charge in [0, 0.05) is 0 Å². The summed E-state index contributed by atoms with van der Waals surface area (Å²) in [6.07, 6.45) is -0.0313. The van der Waals surface area contributed by atoms with Gasteiger partial charge in [0.15, 0.2) is 0 Å². The predicted molar refractivity (Wildman–Crippen MR) is 27.4 cm³/mol. The molecule has 0 heterocycles. The predicted octanol–water partition coefficient (Wildman–Crippen LogP) is -0.755. The zero-order valence-corrected chi connectivity index (χ0v) is 8.05. The van der Waals surface area contributed by atoms with Gasteiger partial charge in [-0.05, 0) is 0 Å². The molecule has 40 valence electrons. The van der Waals surface area contributed by atoms with Gasteiger partial charge in [-0.2, -0.15) is 0 Å². The molecule has 4 heteroatoms. The molecular weight excluding hydrogens is 135 g/mol. The molecular formula is C4H5KO3. The molecule has 0 aliphatic rings. The van der Waals surface area contributed by atoms with E-state index in [4.69, 9.17) is 0 Å². The second-order valence-corrected chi connectivity index (χ2v) is 3.20. The second kappa shape index (κ2) is 4.64. The van der Waals surface area contributed by atoms with E-state index in [1.54, 1.807) is 0 Å². The monoisotopic (exact) mass is 140 g/mol. The summed E-state index contributed by atoms with van der Waals surface area (Å²) in [5, 5.41) is 0. The Balaban J connectivity index is 3.40. The van der Waals surface area contributed by atoms with E-state index in [0.717, 1.165) is 0 Å². The molecule has 0 amide bonds. The third-order valence-corrected chi connectivity index (χ3v) is 1.17. The van der Waals surface area contributed by atoms with E-state index in [2.05, 4.69) is 4.74 Å². The van der Waals surface area contributed by atoms with Crippen molar-refractivity contribution in [2.45, 2.75) is 6.42 Å². The van der Waals surface area contributed by atoms with E-state index in [1.807, 2.05) is 0 Å². The molecule has 0 aromatic heterocycles. The molecule has 8 heavy (non-hydrogen) atoms. The quantitative estimate of drug-likeness (QED) is 0.288. The normalized spacial score (nSPS) is 8.38. The van der Waals surface area contributed by atoms with Crippen molar-refractivity contribution < 1.29 is 14.3 Å². The van der Waals surface area contributed by atoms with Gasteiger partial charge in [0.2, 0.25) is 0 Å². The van der Waals surface area contributed by atoms with E-state index >= 15 is 0 Å². The first kappa shape index (κ1) is 8.78. The Labute approximate surface area is 81.4 Å². The Bertz CT molecular complexity index is 110. The van der Waals surface area contributed by atoms with Gasteiger partial charge in [0.05, 0.1) is 0 Å². The van der Waals surface area contributed by atoms with Crippen LogP contribution in [0.3, 0.4) is 0 Å². The zero-order valence-electron chi connectivity index (χ0n) is 4.93. The first-order chi connectivity index (χ1) is 3.66. The van der Waals surface area contributed by atoms with Crippen molar-refractivity contribution in [3.8, 4) is 0 Å². The van der Waals surface area contributed by atoms with Crippen LogP contribution in [0.5, 0.6) is 0 Å². The second-order valence-electron chi connectivity index (χ2n) is 1.45. The maximum absolute atomic E-state index is 10.2. The Hall–Kier alpha value is 0.776. The van der Waals surface area contributed by atoms with Crippen molar-refractivity contribution in [2.24, 2.45) is 0 Å². The van der Waals surface area contributed by atoms with Crippen LogP contribution in [0.15, 0.2) is 0 Å². The van der Waals surface area contributed by atoms with E-state index in [9.17, 15) is 9.59 Å². The van der Waals surface area contributed by atoms with E-state index in [0.29, 0.717) is 0 Å². The fourth-order valence-corrected chi connectivity index (χ4v) is 0.726. The molecule has 0 aliphatic carbocycles. The minimum absolute atomic E-state index is 0.0179. The molecule has 0 rings (SSSR count). The molecule has 3 nitrogen and oxygen atoms in total. The Kier molecular flexibility index (Phi) is 5.09. The van der Waals surface area contributed by atoms with Gasteiger partial charge in [0.25, 0.3) is 0 Å². The molecule has 0 saturated heterocycles. The number of rotatable bonds is 2. The molecule has 0 atom stereocenters. The standard InChI is InChI=1S/C4H5O3.K/c1-7-4(6)2-3-5;/h2H2,1H3;. The summed E-state index contributed by atoms with van der Waals surface area (Å²) in [4.78, 5) is 20.4. The van der Waals surface area contributed by atoms with Crippen LogP contribution in [0.2, 0.25) is 0 Å². The fraction of sp³-hybridized carbons (Fsp3) is 0.500. The van der Waals surface area contributed by atoms with Crippen LogP contribution in [0, 0.1) is 0 Å². The number of hydrogen-bond donors (Lipinski definition) is 0. The van der Waals surface area contributed by atoms with Gasteiger partial charge in [0.1, 0.15) is 0 Å². The Morgan fingerprint density at radius 2 is 2.12 bits per heavy atom. The number of hydrogen-bond acceptors (Lipinski definition) is 3. The van der Waals surface area contributed by atoms with Gasteiger partial charge >= 0.3 is 82.7 Å². The number of carbonyl (C=O) groups is 2. The number of esters is 1. The number of carbonyl (C=O) groups excluding carboxylic acids is 2. The topological polar surface area (TPSA) is 43.4 Å². The van der Waals surface area contributed by atoms with Crippen molar-refractivity contribution in [1.29, 1.82) is 0 Å². The molecule has 0 unspecified atom stereocenters. The van der Waals surface area contributed by atoms with Gasteiger partial charge in [-0.25, -0.2) is 0 Å². The van der Waals surface area contributed by atoms with Crippen LogP contribution in [-0.4, -0.2) is 61.9 Å².